The molecule has 0 aromatic rings. The minimum absolute atomic E-state index is 1.03. The zero-order valence-electron chi connectivity index (χ0n) is 10.1. The topological polar surface area (TPSA) is 27.7 Å². The van der Waals surface area contributed by atoms with Gasteiger partial charge in [0.15, 0.2) is 0 Å². The Labute approximate surface area is 89.4 Å². The van der Waals surface area contributed by atoms with Gasteiger partial charge in [0, 0.05) is 29.4 Å². The van der Waals surface area contributed by atoms with Gasteiger partial charge in [0.05, 0.1) is 0 Å². The molecule has 0 aromatic heterocycles. The van der Waals surface area contributed by atoms with E-state index >= 15 is 0 Å². The van der Waals surface area contributed by atoms with Gasteiger partial charge in [-0.05, 0) is 11.7 Å². The molecule has 0 fully saturated rings. The molecular formula is C9H22O3Si2. The Morgan fingerprint density at radius 1 is 0.929 bits per heavy atom. The van der Waals surface area contributed by atoms with Crippen LogP contribution in [0.25, 0.3) is 0 Å². The molecule has 0 unspecified atom stereocenters. The predicted molar refractivity (Wildman–Crippen MR) is 64.1 cm³/mol. The van der Waals surface area contributed by atoms with Gasteiger partial charge >= 0.3 is 8.80 Å². The van der Waals surface area contributed by atoms with Crippen molar-refractivity contribution < 1.29 is 13.3 Å². The molecule has 0 aliphatic rings. The van der Waals surface area contributed by atoms with Gasteiger partial charge in [0.25, 0.3) is 0 Å². The highest BCUT2D eigenvalue weighted by atomic mass is 28.4. The van der Waals surface area contributed by atoms with Gasteiger partial charge in [0.2, 0.25) is 0 Å². The summed E-state index contributed by atoms with van der Waals surface area (Å²) < 4.78 is 15.8. The summed E-state index contributed by atoms with van der Waals surface area (Å²) >= 11 is 0. The van der Waals surface area contributed by atoms with Gasteiger partial charge in [-0.15, -0.1) is 0 Å². The normalized spacial score (nSPS) is 13.9. The lowest BCUT2D eigenvalue weighted by molar-refractivity contribution is 0.138. The molecular weight excluding hydrogens is 212 g/mol. The predicted octanol–water partition coefficient (Wildman–Crippen LogP) is 2.30. The maximum atomic E-state index is 5.27. The molecule has 14 heavy (non-hydrogen) atoms. The van der Waals surface area contributed by atoms with Crippen LogP contribution in [0.5, 0.6) is 0 Å². The molecule has 0 saturated heterocycles. The first-order valence-corrected chi connectivity index (χ1v) is 10.2. The number of hydrogen-bond acceptors (Lipinski definition) is 3. The lowest BCUT2D eigenvalue weighted by Crippen LogP contribution is -2.41. The second-order valence-electron chi connectivity index (χ2n) is 4.38. The Hall–Kier alpha value is 0.0538. The Balaban J connectivity index is 4.30. The summed E-state index contributed by atoms with van der Waals surface area (Å²) in [6.07, 6.45) is 2.13. The third-order valence-electron chi connectivity index (χ3n) is 1.91. The second-order valence-corrected chi connectivity index (χ2v) is 12.7. The third-order valence-corrected chi connectivity index (χ3v) is 5.72. The Bertz CT molecular complexity index is 175. The van der Waals surface area contributed by atoms with E-state index in [0.29, 0.717) is 0 Å². The number of rotatable bonds is 6. The maximum Gasteiger partial charge on any atom is 0.528 e. The molecule has 0 spiro atoms. The van der Waals surface area contributed by atoms with Gasteiger partial charge in [-0.1, -0.05) is 25.7 Å². The van der Waals surface area contributed by atoms with Gasteiger partial charge in [-0.3, -0.25) is 0 Å². The molecule has 0 aromatic carbocycles. The molecule has 0 bridgehead atoms. The minimum atomic E-state index is -2.48. The maximum absolute atomic E-state index is 5.27. The monoisotopic (exact) mass is 234 g/mol. The molecule has 0 aliphatic carbocycles. The Morgan fingerprint density at radius 2 is 1.36 bits per heavy atom. The molecule has 0 saturated carbocycles. The van der Waals surface area contributed by atoms with Crippen LogP contribution in [0.1, 0.15) is 0 Å². The molecule has 0 amide bonds. The van der Waals surface area contributed by atoms with E-state index in [-0.39, 0.29) is 0 Å². The van der Waals surface area contributed by atoms with Crippen LogP contribution in [-0.2, 0) is 13.3 Å². The van der Waals surface area contributed by atoms with Crippen molar-refractivity contribution in [2.24, 2.45) is 0 Å². The Morgan fingerprint density at radius 3 is 1.64 bits per heavy atom. The van der Waals surface area contributed by atoms with Crippen molar-refractivity contribution in [3.63, 3.8) is 0 Å². The average Bonchev–Trinajstić information content (AvgIpc) is 2.11. The molecule has 0 heterocycles. The zero-order valence-corrected chi connectivity index (χ0v) is 12.1. The van der Waals surface area contributed by atoms with Crippen molar-refractivity contribution in [3.05, 3.63) is 11.8 Å². The van der Waals surface area contributed by atoms with Crippen LogP contribution in [0.15, 0.2) is 11.8 Å². The largest absolute Gasteiger partial charge is 0.528 e. The zero-order chi connectivity index (χ0) is 11.2. The van der Waals surface area contributed by atoms with Crippen molar-refractivity contribution in [3.8, 4) is 0 Å². The van der Waals surface area contributed by atoms with Crippen LogP contribution in [0.4, 0.5) is 0 Å². The van der Waals surface area contributed by atoms with E-state index in [1.165, 1.54) is 0 Å². The van der Waals surface area contributed by atoms with Crippen molar-refractivity contribution >= 4 is 16.9 Å². The van der Waals surface area contributed by atoms with Crippen LogP contribution in [0.3, 0.4) is 0 Å². The van der Waals surface area contributed by atoms with Crippen molar-refractivity contribution in [1.82, 2.24) is 0 Å². The first-order chi connectivity index (χ1) is 6.39. The summed E-state index contributed by atoms with van der Waals surface area (Å²) in [7, 11) is 1.37. The molecule has 0 atom stereocenters. The summed E-state index contributed by atoms with van der Waals surface area (Å²) in [4.78, 5) is 0. The average molecular weight is 234 g/mol. The highest BCUT2D eigenvalue weighted by Gasteiger charge is 2.34. The summed E-state index contributed by atoms with van der Waals surface area (Å²) in [5.74, 6) is 0. The fraction of sp³-hybridized carbons (Fsp3) is 0.778. The summed E-state index contributed by atoms with van der Waals surface area (Å²) in [5, 5.41) is 0. The fourth-order valence-corrected chi connectivity index (χ4v) is 3.39. The first kappa shape index (κ1) is 14.1. The highest BCUT2D eigenvalue weighted by molar-refractivity contribution is 6.76. The van der Waals surface area contributed by atoms with E-state index in [9.17, 15) is 0 Å². The standard InChI is InChI=1S/C9H22O3Si2/c1-10-14(11-2,12-3)9-7-8-13(4,5)6/h7,9H,8H2,1-6H3/b9-7+. The third kappa shape index (κ3) is 5.06. The summed E-state index contributed by atoms with van der Waals surface area (Å²) in [6.45, 7) is 6.98. The smallest absolute Gasteiger partial charge is 0.374 e. The molecule has 3 nitrogen and oxygen atoms in total. The lowest BCUT2D eigenvalue weighted by Gasteiger charge is -2.21. The van der Waals surface area contributed by atoms with E-state index in [1.807, 2.05) is 5.70 Å². The van der Waals surface area contributed by atoms with E-state index in [0.717, 1.165) is 6.04 Å². The lowest BCUT2D eigenvalue weighted by atomic mass is 10.8. The van der Waals surface area contributed by atoms with Crippen LogP contribution in [-0.4, -0.2) is 38.2 Å². The first-order valence-electron chi connectivity index (χ1n) is 4.72. The number of hydrogen-bond donors (Lipinski definition) is 0. The minimum Gasteiger partial charge on any atom is -0.374 e. The van der Waals surface area contributed by atoms with E-state index in [4.69, 9.17) is 13.3 Å². The van der Waals surface area contributed by atoms with Crippen LogP contribution < -0.4 is 0 Å². The fourth-order valence-electron chi connectivity index (χ4n) is 1.01. The molecule has 0 aliphatic heterocycles. The molecule has 0 radical (unpaired) electrons. The summed E-state index contributed by atoms with van der Waals surface area (Å²) in [6, 6.07) is 1.12. The van der Waals surface area contributed by atoms with Crippen molar-refractivity contribution in [1.29, 1.82) is 0 Å². The van der Waals surface area contributed by atoms with Gasteiger partial charge in [-0.2, -0.15) is 0 Å². The van der Waals surface area contributed by atoms with Gasteiger partial charge in [0.1, 0.15) is 0 Å². The van der Waals surface area contributed by atoms with E-state index < -0.39 is 16.9 Å². The van der Waals surface area contributed by atoms with Crippen molar-refractivity contribution in [2.75, 3.05) is 21.3 Å². The van der Waals surface area contributed by atoms with Crippen LogP contribution in [0.2, 0.25) is 25.7 Å². The van der Waals surface area contributed by atoms with Gasteiger partial charge in [-0.25, -0.2) is 0 Å². The molecule has 5 heteroatoms. The summed E-state index contributed by atoms with van der Waals surface area (Å²) in [5.41, 5.74) is 1.96. The van der Waals surface area contributed by atoms with Crippen LogP contribution in [0, 0.1) is 0 Å². The van der Waals surface area contributed by atoms with E-state index in [1.54, 1.807) is 21.3 Å². The highest BCUT2D eigenvalue weighted by Crippen LogP contribution is 2.12. The molecule has 0 N–H and O–H groups in total. The van der Waals surface area contributed by atoms with Crippen LogP contribution >= 0.6 is 0 Å². The van der Waals surface area contributed by atoms with Crippen molar-refractivity contribution in [2.45, 2.75) is 25.7 Å². The number of allylic oxidation sites excluding steroid dienone is 1. The molecule has 84 valence electrons. The second kappa shape index (κ2) is 5.82. The SMILES string of the molecule is CO[Si](/C=C/C[Si](C)(C)C)(OC)OC. The van der Waals surface area contributed by atoms with E-state index in [2.05, 4.69) is 25.7 Å². The molecule has 0 rings (SSSR count). The van der Waals surface area contributed by atoms with Gasteiger partial charge < -0.3 is 13.3 Å². The Kier molecular flexibility index (Phi) is 5.84. The quantitative estimate of drug-likeness (QED) is 0.660.